The van der Waals surface area contributed by atoms with E-state index in [2.05, 4.69) is 60.6 Å². The van der Waals surface area contributed by atoms with Crippen molar-refractivity contribution in [2.75, 3.05) is 7.11 Å². The third-order valence-electron chi connectivity index (χ3n) is 5.80. The number of carbonyl (C=O) groups excluding carboxylic acids is 1. The summed E-state index contributed by atoms with van der Waals surface area (Å²) in [5, 5.41) is 2.54. The second-order valence-corrected chi connectivity index (χ2v) is 7.92. The molecule has 1 aliphatic rings. The van der Waals surface area contributed by atoms with Crippen LogP contribution in [0, 0.1) is 18.8 Å². The van der Waals surface area contributed by atoms with E-state index in [-0.39, 0.29) is 5.91 Å². The van der Waals surface area contributed by atoms with Crippen molar-refractivity contribution in [2.24, 2.45) is 0 Å². The Morgan fingerprint density at radius 3 is 2.63 bits per heavy atom. The fourth-order valence-electron chi connectivity index (χ4n) is 4.33. The highest BCUT2D eigenvalue weighted by molar-refractivity contribution is 6.01. The minimum Gasteiger partial charge on any atom is -0.300 e. The maximum Gasteiger partial charge on any atom is 0.297 e. The van der Waals surface area contributed by atoms with Crippen LogP contribution in [0.5, 0.6) is 0 Å². The molecular formula is C26H28N2O2. The van der Waals surface area contributed by atoms with Gasteiger partial charge in [0.05, 0.1) is 12.6 Å². The molecule has 154 valence electrons. The van der Waals surface area contributed by atoms with Crippen molar-refractivity contribution in [3.05, 3.63) is 71.4 Å². The van der Waals surface area contributed by atoms with Gasteiger partial charge in [0.2, 0.25) is 5.66 Å². The van der Waals surface area contributed by atoms with Gasteiger partial charge in [0.15, 0.2) is 0 Å². The Balaban J connectivity index is 1.79. The molecule has 2 heterocycles. The van der Waals surface area contributed by atoms with Gasteiger partial charge in [-0.25, -0.2) is 0 Å². The number of aryl methyl sites for hydroxylation is 2. The van der Waals surface area contributed by atoms with Crippen LogP contribution in [0.4, 0.5) is 0 Å². The Bertz CT molecular complexity index is 1120. The Kier molecular flexibility index (Phi) is 5.65. The van der Waals surface area contributed by atoms with Crippen LogP contribution in [0.25, 0.3) is 10.9 Å². The number of benzene rings is 2. The third-order valence-corrected chi connectivity index (χ3v) is 5.80. The summed E-state index contributed by atoms with van der Waals surface area (Å²) in [7, 11) is 1.56. The number of rotatable bonds is 6. The van der Waals surface area contributed by atoms with Gasteiger partial charge >= 0.3 is 0 Å². The van der Waals surface area contributed by atoms with E-state index in [0.29, 0.717) is 5.69 Å². The van der Waals surface area contributed by atoms with E-state index in [9.17, 15) is 4.79 Å². The molecule has 0 aliphatic carbocycles. The molecule has 4 nitrogen and oxygen atoms in total. The van der Waals surface area contributed by atoms with Gasteiger partial charge in [-0.15, -0.1) is 0 Å². The Morgan fingerprint density at radius 1 is 1.10 bits per heavy atom. The molecule has 1 unspecified atom stereocenters. The van der Waals surface area contributed by atoms with Crippen molar-refractivity contribution >= 4 is 16.8 Å². The molecular weight excluding hydrogens is 372 g/mol. The van der Waals surface area contributed by atoms with Gasteiger partial charge in [0.1, 0.15) is 5.69 Å². The average molecular weight is 401 g/mol. The molecule has 30 heavy (non-hydrogen) atoms. The van der Waals surface area contributed by atoms with Gasteiger partial charge in [-0.1, -0.05) is 61.7 Å². The van der Waals surface area contributed by atoms with E-state index in [1.54, 1.807) is 7.11 Å². The molecule has 0 saturated carbocycles. The van der Waals surface area contributed by atoms with Crippen molar-refractivity contribution in [1.29, 1.82) is 0 Å². The first-order chi connectivity index (χ1) is 14.6. The van der Waals surface area contributed by atoms with Crippen molar-refractivity contribution < 1.29 is 9.63 Å². The van der Waals surface area contributed by atoms with Gasteiger partial charge in [0.25, 0.3) is 5.91 Å². The molecule has 1 atom stereocenters. The molecule has 0 N–H and O–H groups in total. The third kappa shape index (κ3) is 3.40. The predicted molar refractivity (Wildman–Crippen MR) is 120 cm³/mol. The minimum absolute atomic E-state index is 0.125. The first kappa shape index (κ1) is 20.3. The molecule has 0 fully saturated rings. The highest BCUT2D eigenvalue weighted by Gasteiger charge is 2.50. The van der Waals surface area contributed by atoms with Gasteiger partial charge in [0, 0.05) is 18.2 Å². The van der Waals surface area contributed by atoms with Gasteiger partial charge in [-0.05, 0) is 48.9 Å². The summed E-state index contributed by atoms with van der Waals surface area (Å²) >= 11 is 0. The summed E-state index contributed by atoms with van der Waals surface area (Å²) in [5.74, 6) is 6.73. The SMILES string of the molecule is CCCCC1(C#CCCc2ccccc2)N(OC)C(=O)c2cc3ccc(C)cc3n21. The smallest absolute Gasteiger partial charge is 0.297 e. The van der Waals surface area contributed by atoms with Crippen molar-refractivity contribution in [2.45, 2.75) is 51.6 Å². The lowest BCUT2D eigenvalue weighted by Gasteiger charge is -2.34. The number of hydrogen-bond donors (Lipinski definition) is 0. The number of nitrogens with zero attached hydrogens (tertiary/aromatic N) is 2. The molecule has 1 aromatic heterocycles. The maximum atomic E-state index is 13.2. The number of amides is 1. The van der Waals surface area contributed by atoms with E-state index in [0.717, 1.165) is 48.6 Å². The molecule has 0 spiro atoms. The standard InChI is InChI=1S/C26H28N2O2/c1-4-5-16-26(17-10-9-13-21-11-7-6-8-12-21)27-23-18-20(2)14-15-22(23)19-24(27)25(29)28(26)30-3/h6-8,11-12,14-15,18-19H,4-5,9,13,16H2,1-3H3. The molecule has 2 aromatic carbocycles. The summed E-state index contributed by atoms with van der Waals surface area (Å²) in [4.78, 5) is 18.9. The Hall–Kier alpha value is -3.03. The highest BCUT2D eigenvalue weighted by Crippen LogP contribution is 2.41. The first-order valence-electron chi connectivity index (χ1n) is 10.7. The van der Waals surface area contributed by atoms with E-state index in [4.69, 9.17) is 4.84 Å². The van der Waals surface area contributed by atoms with Gasteiger partial charge in [-0.3, -0.25) is 14.2 Å². The van der Waals surface area contributed by atoms with Gasteiger partial charge in [-0.2, -0.15) is 5.06 Å². The summed E-state index contributed by atoms with van der Waals surface area (Å²) in [6.07, 6.45) is 4.32. The molecule has 1 aliphatic heterocycles. The molecule has 0 radical (unpaired) electrons. The normalized spacial score (nSPS) is 17.8. The Labute approximate surface area is 178 Å². The zero-order valence-corrected chi connectivity index (χ0v) is 17.9. The predicted octanol–water partition coefficient (Wildman–Crippen LogP) is 5.45. The quantitative estimate of drug-likeness (QED) is 0.516. The number of fused-ring (bicyclic) bond motifs is 3. The number of unbranched alkanes of at least 4 members (excludes halogenated alkanes) is 1. The summed E-state index contributed by atoms with van der Waals surface area (Å²) in [5.41, 5.74) is 3.29. The highest BCUT2D eigenvalue weighted by atomic mass is 16.7. The van der Waals surface area contributed by atoms with Crippen LogP contribution in [0.3, 0.4) is 0 Å². The van der Waals surface area contributed by atoms with Crippen LogP contribution in [0.1, 0.15) is 54.2 Å². The van der Waals surface area contributed by atoms with Crippen molar-refractivity contribution in [1.82, 2.24) is 9.63 Å². The van der Waals surface area contributed by atoms with E-state index in [1.807, 2.05) is 24.3 Å². The lowest BCUT2D eigenvalue weighted by atomic mass is 10.0. The minimum atomic E-state index is -0.816. The van der Waals surface area contributed by atoms with Gasteiger partial charge < -0.3 is 0 Å². The van der Waals surface area contributed by atoms with E-state index < -0.39 is 5.66 Å². The first-order valence-corrected chi connectivity index (χ1v) is 10.7. The summed E-state index contributed by atoms with van der Waals surface area (Å²) in [6.45, 7) is 4.23. The van der Waals surface area contributed by atoms with Crippen LogP contribution in [0.15, 0.2) is 54.6 Å². The van der Waals surface area contributed by atoms with E-state index in [1.165, 1.54) is 10.6 Å². The fourth-order valence-corrected chi connectivity index (χ4v) is 4.33. The zero-order valence-electron chi connectivity index (χ0n) is 17.9. The zero-order chi connectivity index (χ0) is 21.1. The van der Waals surface area contributed by atoms with Crippen LogP contribution in [0.2, 0.25) is 0 Å². The molecule has 0 bridgehead atoms. The van der Waals surface area contributed by atoms with Crippen LogP contribution >= 0.6 is 0 Å². The average Bonchev–Trinajstić information content (AvgIpc) is 3.24. The second kappa shape index (κ2) is 8.38. The molecule has 4 rings (SSSR count). The van der Waals surface area contributed by atoms with E-state index >= 15 is 0 Å². The maximum absolute atomic E-state index is 13.2. The molecule has 0 saturated heterocycles. The van der Waals surface area contributed by atoms with Crippen LogP contribution < -0.4 is 0 Å². The molecule has 4 heteroatoms. The Morgan fingerprint density at radius 2 is 1.90 bits per heavy atom. The number of hydrogen-bond acceptors (Lipinski definition) is 2. The van der Waals surface area contributed by atoms with Crippen LogP contribution in [-0.4, -0.2) is 22.6 Å². The second-order valence-electron chi connectivity index (χ2n) is 7.92. The van der Waals surface area contributed by atoms with Crippen molar-refractivity contribution in [3.63, 3.8) is 0 Å². The monoisotopic (exact) mass is 400 g/mol. The van der Waals surface area contributed by atoms with Crippen molar-refractivity contribution in [3.8, 4) is 11.8 Å². The molecule has 3 aromatic rings. The lowest BCUT2D eigenvalue weighted by Crippen LogP contribution is -2.45. The molecule has 1 amide bonds. The van der Waals surface area contributed by atoms with Crippen LogP contribution in [-0.2, 0) is 16.9 Å². The number of aromatic nitrogens is 1. The summed E-state index contributed by atoms with van der Waals surface area (Å²) < 4.78 is 2.10. The topological polar surface area (TPSA) is 34.5 Å². The number of hydroxylamine groups is 2. The summed E-state index contributed by atoms with van der Waals surface area (Å²) in [6, 6.07) is 18.6. The lowest BCUT2D eigenvalue weighted by molar-refractivity contribution is -0.160. The number of carbonyl (C=O) groups is 1. The largest absolute Gasteiger partial charge is 0.300 e. The fraction of sp³-hybridized carbons (Fsp3) is 0.346.